The van der Waals surface area contributed by atoms with E-state index in [0.29, 0.717) is 12.1 Å². The number of benzene rings is 1. The number of nitrogens with one attached hydrogen (secondary N) is 1. The van der Waals surface area contributed by atoms with Crippen LogP contribution in [0.1, 0.15) is 16.8 Å². The molecule has 1 amide bonds. The minimum atomic E-state index is -0.0239. The first-order valence-corrected chi connectivity index (χ1v) is 7.99. The lowest BCUT2D eigenvalue weighted by Gasteiger charge is -2.28. The molecule has 0 saturated carbocycles. The van der Waals surface area contributed by atoms with E-state index >= 15 is 0 Å². The van der Waals surface area contributed by atoms with Crippen molar-refractivity contribution < 1.29 is 9.53 Å². The number of anilines is 1. The summed E-state index contributed by atoms with van der Waals surface area (Å²) in [7, 11) is 0. The van der Waals surface area contributed by atoms with Gasteiger partial charge in [0, 0.05) is 49.8 Å². The maximum Gasteiger partial charge on any atom is 0.251 e. The van der Waals surface area contributed by atoms with E-state index in [9.17, 15) is 4.79 Å². The number of hydrogen-bond donors (Lipinski definition) is 1. The van der Waals surface area contributed by atoms with Crippen LogP contribution in [0.5, 0.6) is 0 Å². The lowest BCUT2D eigenvalue weighted by Crippen LogP contribution is -2.36. The first-order valence-electron chi connectivity index (χ1n) is 7.99. The molecule has 2 aromatic rings. The van der Waals surface area contributed by atoms with E-state index in [4.69, 9.17) is 4.74 Å². The number of aromatic nitrogens is 2. The standard InChI is InChI=1S/C17H22N4O2/c22-17(19-6-1-8-20-9-7-18-14-20)15-2-4-16(5-3-15)21-10-12-23-13-11-21/h2-5,7,9,14H,1,6,8,10-13H2,(H,19,22). The van der Waals surface area contributed by atoms with E-state index in [1.54, 1.807) is 12.5 Å². The van der Waals surface area contributed by atoms with Gasteiger partial charge in [-0.3, -0.25) is 4.79 Å². The van der Waals surface area contributed by atoms with Gasteiger partial charge in [-0.15, -0.1) is 0 Å². The Hall–Kier alpha value is -2.34. The molecule has 6 heteroatoms. The van der Waals surface area contributed by atoms with Gasteiger partial charge in [0.1, 0.15) is 0 Å². The predicted molar refractivity (Wildman–Crippen MR) is 88.7 cm³/mol. The molecule has 0 aliphatic carbocycles. The van der Waals surface area contributed by atoms with E-state index < -0.39 is 0 Å². The molecule has 0 bridgehead atoms. The monoisotopic (exact) mass is 314 g/mol. The highest BCUT2D eigenvalue weighted by Crippen LogP contribution is 2.16. The molecule has 2 heterocycles. The van der Waals surface area contributed by atoms with Crippen LogP contribution in [0.25, 0.3) is 0 Å². The fraction of sp³-hybridized carbons (Fsp3) is 0.412. The molecular weight excluding hydrogens is 292 g/mol. The van der Waals surface area contributed by atoms with Crippen molar-refractivity contribution in [1.29, 1.82) is 0 Å². The van der Waals surface area contributed by atoms with Crippen molar-refractivity contribution in [3.8, 4) is 0 Å². The Balaban J connectivity index is 1.45. The van der Waals surface area contributed by atoms with Crippen LogP contribution in [0.3, 0.4) is 0 Å². The third-order valence-electron chi connectivity index (χ3n) is 3.94. The summed E-state index contributed by atoms with van der Waals surface area (Å²) in [5, 5.41) is 2.95. The van der Waals surface area contributed by atoms with Gasteiger partial charge in [0.2, 0.25) is 0 Å². The molecule has 0 spiro atoms. The third-order valence-corrected chi connectivity index (χ3v) is 3.94. The van der Waals surface area contributed by atoms with Crippen LogP contribution in [-0.4, -0.2) is 48.3 Å². The second-order valence-electron chi connectivity index (χ2n) is 5.56. The minimum Gasteiger partial charge on any atom is -0.378 e. The molecule has 3 rings (SSSR count). The number of amides is 1. The zero-order valence-electron chi connectivity index (χ0n) is 13.1. The van der Waals surface area contributed by atoms with E-state index in [1.165, 1.54) is 0 Å². The summed E-state index contributed by atoms with van der Waals surface area (Å²) in [6.07, 6.45) is 6.35. The Kier molecular flexibility index (Phi) is 5.26. The quantitative estimate of drug-likeness (QED) is 0.822. The number of nitrogens with zero attached hydrogens (tertiary/aromatic N) is 3. The van der Waals surface area contributed by atoms with E-state index in [0.717, 1.165) is 45.0 Å². The first kappa shape index (κ1) is 15.6. The Bertz CT molecular complexity index is 604. The molecule has 0 atom stereocenters. The predicted octanol–water partition coefficient (Wildman–Crippen LogP) is 1.54. The van der Waals surface area contributed by atoms with Gasteiger partial charge >= 0.3 is 0 Å². The fourth-order valence-corrected chi connectivity index (χ4v) is 2.63. The molecule has 23 heavy (non-hydrogen) atoms. The molecule has 1 aliphatic rings. The van der Waals surface area contributed by atoms with Gasteiger partial charge in [-0.05, 0) is 30.7 Å². The minimum absolute atomic E-state index is 0.0239. The van der Waals surface area contributed by atoms with Crippen molar-refractivity contribution in [2.24, 2.45) is 0 Å². The van der Waals surface area contributed by atoms with E-state index in [1.807, 2.05) is 35.0 Å². The van der Waals surface area contributed by atoms with Crippen LogP contribution >= 0.6 is 0 Å². The van der Waals surface area contributed by atoms with Crippen molar-refractivity contribution >= 4 is 11.6 Å². The van der Waals surface area contributed by atoms with Gasteiger partial charge in [0.25, 0.3) is 5.91 Å². The number of hydrogen-bond acceptors (Lipinski definition) is 4. The number of aryl methyl sites for hydroxylation is 1. The number of carbonyl (C=O) groups excluding carboxylic acids is 1. The highest BCUT2D eigenvalue weighted by Gasteiger charge is 2.12. The van der Waals surface area contributed by atoms with Gasteiger partial charge in [0.15, 0.2) is 0 Å². The smallest absolute Gasteiger partial charge is 0.251 e. The number of carbonyl (C=O) groups is 1. The van der Waals surface area contributed by atoms with Crippen LogP contribution in [0.15, 0.2) is 43.0 Å². The lowest BCUT2D eigenvalue weighted by molar-refractivity contribution is 0.0952. The van der Waals surface area contributed by atoms with Crippen molar-refractivity contribution in [1.82, 2.24) is 14.9 Å². The molecule has 1 aliphatic heterocycles. The average molecular weight is 314 g/mol. The van der Waals surface area contributed by atoms with Crippen LogP contribution in [0.4, 0.5) is 5.69 Å². The van der Waals surface area contributed by atoms with Gasteiger partial charge in [-0.25, -0.2) is 4.98 Å². The molecule has 0 unspecified atom stereocenters. The maximum absolute atomic E-state index is 12.1. The van der Waals surface area contributed by atoms with E-state index in [-0.39, 0.29) is 5.91 Å². The topological polar surface area (TPSA) is 59.4 Å². The summed E-state index contributed by atoms with van der Waals surface area (Å²) in [5.74, 6) is -0.0239. The fourth-order valence-electron chi connectivity index (χ4n) is 2.63. The Morgan fingerprint density at radius 2 is 2.00 bits per heavy atom. The maximum atomic E-state index is 12.1. The largest absolute Gasteiger partial charge is 0.378 e. The summed E-state index contributed by atoms with van der Waals surface area (Å²) < 4.78 is 7.36. The van der Waals surface area contributed by atoms with Gasteiger partial charge in [-0.1, -0.05) is 0 Å². The zero-order valence-corrected chi connectivity index (χ0v) is 13.1. The summed E-state index contributed by atoms with van der Waals surface area (Å²) in [5.41, 5.74) is 1.84. The molecule has 1 N–H and O–H groups in total. The number of rotatable bonds is 6. The molecule has 1 fully saturated rings. The molecule has 0 radical (unpaired) electrons. The number of ether oxygens (including phenoxy) is 1. The second kappa shape index (κ2) is 7.78. The highest BCUT2D eigenvalue weighted by molar-refractivity contribution is 5.94. The summed E-state index contributed by atoms with van der Waals surface area (Å²) >= 11 is 0. The number of morpholine rings is 1. The Morgan fingerprint density at radius 3 is 2.70 bits per heavy atom. The van der Waals surface area contributed by atoms with Crippen LogP contribution in [-0.2, 0) is 11.3 Å². The summed E-state index contributed by atoms with van der Waals surface area (Å²) in [6, 6.07) is 7.78. The normalized spacial score (nSPS) is 14.7. The molecule has 1 saturated heterocycles. The Labute approximate surface area is 136 Å². The van der Waals surface area contributed by atoms with Crippen molar-refractivity contribution in [3.63, 3.8) is 0 Å². The van der Waals surface area contributed by atoms with E-state index in [2.05, 4.69) is 15.2 Å². The first-order chi connectivity index (χ1) is 11.3. The Morgan fingerprint density at radius 1 is 1.22 bits per heavy atom. The van der Waals surface area contributed by atoms with Crippen LogP contribution in [0.2, 0.25) is 0 Å². The molecule has 1 aromatic heterocycles. The molecule has 6 nitrogen and oxygen atoms in total. The lowest BCUT2D eigenvalue weighted by atomic mass is 10.1. The molecule has 1 aromatic carbocycles. The second-order valence-corrected chi connectivity index (χ2v) is 5.56. The van der Waals surface area contributed by atoms with Gasteiger partial charge < -0.3 is 19.5 Å². The molecule has 122 valence electrons. The van der Waals surface area contributed by atoms with Crippen LogP contribution in [0, 0.1) is 0 Å². The van der Waals surface area contributed by atoms with Crippen molar-refractivity contribution in [2.45, 2.75) is 13.0 Å². The number of imidazole rings is 1. The average Bonchev–Trinajstić information content (AvgIpc) is 3.13. The zero-order chi connectivity index (χ0) is 15.9. The summed E-state index contributed by atoms with van der Waals surface area (Å²) in [4.78, 5) is 18.4. The highest BCUT2D eigenvalue weighted by atomic mass is 16.5. The SMILES string of the molecule is O=C(NCCCn1ccnc1)c1ccc(N2CCOCC2)cc1. The van der Waals surface area contributed by atoms with Crippen molar-refractivity contribution in [3.05, 3.63) is 48.5 Å². The van der Waals surface area contributed by atoms with Gasteiger partial charge in [-0.2, -0.15) is 0 Å². The van der Waals surface area contributed by atoms with Crippen LogP contribution < -0.4 is 10.2 Å². The molecular formula is C17H22N4O2. The third kappa shape index (κ3) is 4.32. The van der Waals surface area contributed by atoms with Gasteiger partial charge in [0.05, 0.1) is 19.5 Å². The van der Waals surface area contributed by atoms with Crippen molar-refractivity contribution in [2.75, 3.05) is 37.7 Å². The summed E-state index contributed by atoms with van der Waals surface area (Å²) in [6.45, 7) is 4.84.